The van der Waals surface area contributed by atoms with E-state index in [4.69, 9.17) is 0 Å². The number of urea groups is 1. The van der Waals surface area contributed by atoms with Crippen LogP contribution in [-0.4, -0.2) is 34.6 Å². The summed E-state index contributed by atoms with van der Waals surface area (Å²) >= 11 is 0. The highest BCUT2D eigenvalue weighted by Gasteiger charge is 2.41. The van der Waals surface area contributed by atoms with Crippen molar-refractivity contribution in [2.24, 2.45) is 0 Å². The van der Waals surface area contributed by atoms with Gasteiger partial charge in [-0.1, -0.05) is 19.3 Å². The van der Waals surface area contributed by atoms with E-state index in [0.717, 1.165) is 19.3 Å². The number of hydrogen-bond acceptors (Lipinski definition) is 3. The summed E-state index contributed by atoms with van der Waals surface area (Å²) in [6.45, 7) is 3.72. The molecule has 136 valence electrons. The highest BCUT2D eigenvalue weighted by molar-refractivity contribution is 5.98. The van der Waals surface area contributed by atoms with Crippen molar-refractivity contribution in [1.82, 2.24) is 10.6 Å². The number of rotatable bonds is 5. The second-order valence-corrected chi connectivity index (χ2v) is 6.73. The zero-order valence-electron chi connectivity index (χ0n) is 14.6. The van der Waals surface area contributed by atoms with Gasteiger partial charge in [-0.05, 0) is 51.0 Å². The van der Waals surface area contributed by atoms with Gasteiger partial charge in [-0.2, -0.15) is 0 Å². The van der Waals surface area contributed by atoms with Crippen molar-refractivity contribution in [3.8, 4) is 0 Å². The Labute approximate surface area is 147 Å². The number of carbonyl (C=O) groups excluding carboxylic acids is 2. The molecule has 2 rings (SSSR count). The normalized spacial score (nSPS) is 16.1. The molecule has 1 saturated carbocycles. The van der Waals surface area contributed by atoms with Gasteiger partial charge in [0.05, 0.1) is 0 Å². The Morgan fingerprint density at radius 3 is 2.16 bits per heavy atom. The summed E-state index contributed by atoms with van der Waals surface area (Å²) < 4.78 is 0. The summed E-state index contributed by atoms with van der Waals surface area (Å²) in [6.07, 6.45) is 3.47. The van der Waals surface area contributed by atoms with Crippen LogP contribution in [0.25, 0.3) is 0 Å². The van der Waals surface area contributed by atoms with Crippen LogP contribution in [-0.2, 0) is 4.79 Å². The van der Waals surface area contributed by atoms with E-state index in [1.54, 1.807) is 24.3 Å². The fraction of sp³-hybridized carbons (Fsp3) is 0.500. The van der Waals surface area contributed by atoms with Gasteiger partial charge >= 0.3 is 12.0 Å². The van der Waals surface area contributed by atoms with Gasteiger partial charge in [0.1, 0.15) is 5.54 Å². The van der Waals surface area contributed by atoms with Crippen LogP contribution >= 0.6 is 0 Å². The summed E-state index contributed by atoms with van der Waals surface area (Å²) in [5, 5.41) is 17.6. The molecular weight excluding hydrogens is 322 g/mol. The molecule has 4 N–H and O–H groups in total. The van der Waals surface area contributed by atoms with Gasteiger partial charge in [0.25, 0.3) is 5.91 Å². The maximum atomic E-state index is 12.4. The molecule has 0 saturated heterocycles. The summed E-state index contributed by atoms with van der Waals surface area (Å²) in [5.74, 6) is -1.40. The second kappa shape index (κ2) is 8.00. The highest BCUT2D eigenvalue weighted by atomic mass is 16.4. The number of anilines is 1. The Morgan fingerprint density at radius 2 is 1.64 bits per heavy atom. The van der Waals surface area contributed by atoms with Crippen LogP contribution in [0.4, 0.5) is 10.5 Å². The topological polar surface area (TPSA) is 108 Å². The number of carboxylic acids is 1. The number of hydrogen-bond donors (Lipinski definition) is 4. The fourth-order valence-electron chi connectivity index (χ4n) is 2.97. The lowest BCUT2D eigenvalue weighted by Gasteiger charge is -2.34. The van der Waals surface area contributed by atoms with Crippen LogP contribution in [0.2, 0.25) is 0 Å². The van der Waals surface area contributed by atoms with Gasteiger partial charge in [0, 0.05) is 17.3 Å². The molecule has 0 unspecified atom stereocenters. The van der Waals surface area contributed by atoms with Gasteiger partial charge in [-0.3, -0.25) is 4.79 Å². The molecule has 25 heavy (non-hydrogen) atoms. The van der Waals surface area contributed by atoms with Gasteiger partial charge in [0.2, 0.25) is 0 Å². The molecule has 0 aromatic heterocycles. The molecule has 0 bridgehead atoms. The average Bonchev–Trinajstić information content (AvgIpc) is 2.55. The van der Waals surface area contributed by atoms with Crippen LogP contribution in [0.5, 0.6) is 0 Å². The van der Waals surface area contributed by atoms with Crippen molar-refractivity contribution in [3.63, 3.8) is 0 Å². The Morgan fingerprint density at radius 1 is 1.04 bits per heavy atom. The number of carboxylic acid groups (broad SMARTS) is 1. The molecular formula is C18H25N3O4. The van der Waals surface area contributed by atoms with Crippen LogP contribution < -0.4 is 16.0 Å². The molecule has 3 amide bonds. The first-order valence-electron chi connectivity index (χ1n) is 8.56. The van der Waals surface area contributed by atoms with Crippen LogP contribution in [0.1, 0.15) is 56.3 Å². The maximum Gasteiger partial charge on any atom is 0.329 e. The van der Waals surface area contributed by atoms with E-state index < -0.39 is 17.4 Å². The first kappa shape index (κ1) is 18.8. The summed E-state index contributed by atoms with van der Waals surface area (Å²) in [5.41, 5.74) is -0.259. The van der Waals surface area contributed by atoms with E-state index in [-0.39, 0.29) is 12.1 Å². The van der Waals surface area contributed by atoms with Crippen LogP contribution in [0.15, 0.2) is 24.3 Å². The molecule has 0 heterocycles. The van der Waals surface area contributed by atoms with Gasteiger partial charge in [0.15, 0.2) is 0 Å². The Bertz CT molecular complexity index is 634. The van der Waals surface area contributed by atoms with E-state index in [2.05, 4.69) is 16.0 Å². The van der Waals surface area contributed by atoms with Crippen molar-refractivity contribution in [3.05, 3.63) is 29.8 Å². The quantitative estimate of drug-likeness (QED) is 0.657. The summed E-state index contributed by atoms with van der Waals surface area (Å²) in [6, 6.07) is 6.07. The Kier molecular flexibility index (Phi) is 6.01. The van der Waals surface area contributed by atoms with Crippen LogP contribution in [0, 0.1) is 0 Å². The minimum Gasteiger partial charge on any atom is -0.480 e. The molecule has 1 fully saturated rings. The Balaban J connectivity index is 2.02. The number of amides is 3. The molecule has 7 nitrogen and oxygen atoms in total. The number of carbonyl (C=O) groups is 3. The lowest BCUT2D eigenvalue weighted by molar-refractivity contribution is -0.145. The average molecular weight is 347 g/mol. The monoisotopic (exact) mass is 347 g/mol. The zero-order chi connectivity index (χ0) is 18.4. The third-order valence-electron chi connectivity index (χ3n) is 4.29. The van der Waals surface area contributed by atoms with E-state index >= 15 is 0 Å². The highest BCUT2D eigenvalue weighted by Crippen LogP contribution is 2.29. The van der Waals surface area contributed by atoms with Crippen LogP contribution in [0.3, 0.4) is 0 Å². The lowest BCUT2D eigenvalue weighted by atomic mass is 9.81. The molecule has 1 aromatic carbocycles. The van der Waals surface area contributed by atoms with Crippen molar-refractivity contribution < 1.29 is 19.5 Å². The minimum absolute atomic E-state index is 0.0211. The summed E-state index contributed by atoms with van der Waals surface area (Å²) in [7, 11) is 0. The molecule has 0 radical (unpaired) electrons. The van der Waals surface area contributed by atoms with E-state index in [9.17, 15) is 19.5 Å². The number of benzene rings is 1. The SMILES string of the molecule is CC(C)NC(=O)Nc1ccc(C(=O)NC2(C(=O)O)CCCCC2)cc1. The molecule has 1 aliphatic rings. The van der Waals surface area contributed by atoms with E-state index in [0.29, 0.717) is 24.1 Å². The standard InChI is InChI=1S/C18H25N3O4/c1-12(2)19-17(25)20-14-8-6-13(7-9-14)15(22)21-18(16(23)24)10-4-3-5-11-18/h6-9,12H,3-5,10-11H2,1-2H3,(H,21,22)(H,23,24)(H2,19,20,25). The first-order chi connectivity index (χ1) is 11.8. The molecule has 1 aliphatic carbocycles. The minimum atomic E-state index is -1.18. The summed E-state index contributed by atoms with van der Waals surface area (Å²) in [4.78, 5) is 35.7. The molecule has 0 atom stereocenters. The lowest BCUT2D eigenvalue weighted by Crippen LogP contribution is -2.55. The van der Waals surface area contributed by atoms with Gasteiger partial charge in [-0.25, -0.2) is 9.59 Å². The third kappa shape index (κ3) is 4.95. The van der Waals surface area contributed by atoms with Crippen molar-refractivity contribution in [2.75, 3.05) is 5.32 Å². The Hall–Kier alpha value is -2.57. The van der Waals surface area contributed by atoms with Gasteiger partial charge < -0.3 is 21.1 Å². The van der Waals surface area contributed by atoms with Crippen molar-refractivity contribution in [1.29, 1.82) is 0 Å². The number of nitrogens with one attached hydrogen (secondary N) is 3. The number of aliphatic carboxylic acids is 1. The molecule has 0 spiro atoms. The van der Waals surface area contributed by atoms with E-state index in [1.807, 2.05) is 13.8 Å². The van der Waals surface area contributed by atoms with Gasteiger partial charge in [-0.15, -0.1) is 0 Å². The van der Waals surface area contributed by atoms with Crippen molar-refractivity contribution in [2.45, 2.75) is 57.5 Å². The molecule has 7 heteroatoms. The predicted octanol–water partition coefficient (Wildman–Crippen LogP) is 2.73. The molecule has 1 aromatic rings. The zero-order valence-corrected chi connectivity index (χ0v) is 14.6. The fourth-order valence-corrected chi connectivity index (χ4v) is 2.97. The predicted molar refractivity (Wildman–Crippen MR) is 94.7 cm³/mol. The smallest absolute Gasteiger partial charge is 0.329 e. The second-order valence-electron chi connectivity index (χ2n) is 6.73. The largest absolute Gasteiger partial charge is 0.480 e. The van der Waals surface area contributed by atoms with Crippen molar-refractivity contribution >= 4 is 23.6 Å². The first-order valence-corrected chi connectivity index (χ1v) is 8.56. The third-order valence-corrected chi connectivity index (χ3v) is 4.29. The van der Waals surface area contributed by atoms with E-state index in [1.165, 1.54) is 0 Å². The molecule has 0 aliphatic heterocycles. The maximum absolute atomic E-state index is 12.4.